The summed E-state index contributed by atoms with van der Waals surface area (Å²) < 4.78 is 0. The first-order valence-corrected chi connectivity index (χ1v) is 7.12. The summed E-state index contributed by atoms with van der Waals surface area (Å²) in [6.07, 6.45) is 3.29. The summed E-state index contributed by atoms with van der Waals surface area (Å²) >= 11 is 0. The Morgan fingerprint density at radius 3 is 2.79 bits per heavy atom. The molecule has 0 amide bonds. The van der Waals surface area contributed by atoms with Crippen molar-refractivity contribution < 1.29 is 9.90 Å². The predicted molar refractivity (Wildman–Crippen MR) is 77.4 cm³/mol. The van der Waals surface area contributed by atoms with Gasteiger partial charge in [-0.05, 0) is 48.8 Å². The molecule has 1 saturated carbocycles. The van der Waals surface area contributed by atoms with Crippen molar-refractivity contribution in [3.05, 3.63) is 29.8 Å². The lowest BCUT2D eigenvalue weighted by Gasteiger charge is -2.39. The molecule has 0 aromatic heterocycles. The van der Waals surface area contributed by atoms with Gasteiger partial charge in [-0.3, -0.25) is 4.79 Å². The van der Waals surface area contributed by atoms with Crippen LogP contribution in [-0.4, -0.2) is 17.1 Å². The van der Waals surface area contributed by atoms with Crippen LogP contribution in [0, 0.1) is 11.8 Å². The van der Waals surface area contributed by atoms with Gasteiger partial charge in [0, 0.05) is 18.2 Å². The van der Waals surface area contributed by atoms with Crippen molar-refractivity contribution in [2.75, 3.05) is 5.32 Å². The van der Waals surface area contributed by atoms with Crippen LogP contribution in [0.15, 0.2) is 24.3 Å². The Hall–Kier alpha value is -1.51. The van der Waals surface area contributed by atoms with E-state index >= 15 is 0 Å². The highest BCUT2D eigenvalue weighted by Gasteiger charge is 2.30. The van der Waals surface area contributed by atoms with Crippen molar-refractivity contribution in [2.24, 2.45) is 11.8 Å². The fourth-order valence-electron chi connectivity index (χ4n) is 2.63. The van der Waals surface area contributed by atoms with Gasteiger partial charge in [-0.25, -0.2) is 0 Å². The van der Waals surface area contributed by atoms with Crippen molar-refractivity contribution in [2.45, 2.75) is 45.6 Å². The molecule has 2 N–H and O–H groups in total. The third-order valence-corrected chi connectivity index (χ3v) is 4.04. The van der Waals surface area contributed by atoms with Crippen molar-refractivity contribution >= 4 is 11.7 Å². The minimum absolute atomic E-state index is 0.197. The summed E-state index contributed by atoms with van der Waals surface area (Å²) in [4.78, 5) is 10.6. The first-order valence-electron chi connectivity index (χ1n) is 7.12. The van der Waals surface area contributed by atoms with Gasteiger partial charge in [0.1, 0.15) is 0 Å². The lowest BCUT2D eigenvalue weighted by molar-refractivity contribution is -0.136. The van der Waals surface area contributed by atoms with Crippen molar-refractivity contribution in [3.8, 4) is 0 Å². The lowest BCUT2D eigenvalue weighted by Crippen LogP contribution is -2.37. The molecule has 2 rings (SSSR count). The average molecular weight is 261 g/mol. The SMILES string of the molecule is CC(C)C1CC(Nc2cccc(CCC(=O)O)c2)C1. The van der Waals surface area contributed by atoms with Crippen LogP contribution in [0.25, 0.3) is 0 Å². The zero-order valence-electron chi connectivity index (χ0n) is 11.7. The van der Waals surface area contributed by atoms with Crippen LogP contribution in [-0.2, 0) is 11.2 Å². The van der Waals surface area contributed by atoms with E-state index in [1.807, 2.05) is 12.1 Å². The second-order valence-electron chi connectivity index (χ2n) is 5.91. The van der Waals surface area contributed by atoms with Gasteiger partial charge in [0.25, 0.3) is 0 Å². The van der Waals surface area contributed by atoms with Gasteiger partial charge in [-0.15, -0.1) is 0 Å². The van der Waals surface area contributed by atoms with E-state index in [0.717, 1.165) is 23.1 Å². The minimum Gasteiger partial charge on any atom is -0.481 e. The second kappa shape index (κ2) is 6.09. The maximum absolute atomic E-state index is 10.6. The van der Waals surface area contributed by atoms with E-state index in [9.17, 15) is 4.79 Å². The second-order valence-corrected chi connectivity index (χ2v) is 5.91. The van der Waals surface area contributed by atoms with Crippen LogP contribution in [0.2, 0.25) is 0 Å². The van der Waals surface area contributed by atoms with Crippen LogP contribution in [0.4, 0.5) is 5.69 Å². The summed E-state index contributed by atoms with van der Waals surface area (Å²) in [5.41, 5.74) is 2.21. The van der Waals surface area contributed by atoms with E-state index in [1.54, 1.807) is 0 Å². The number of carboxylic acid groups (broad SMARTS) is 1. The van der Waals surface area contributed by atoms with Gasteiger partial charge >= 0.3 is 5.97 Å². The molecule has 3 nitrogen and oxygen atoms in total. The highest BCUT2D eigenvalue weighted by atomic mass is 16.4. The van der Waals surface area contributed by atoms with Gasteiger partial charge in [0.2, 0.25) is 0 Å². The smallest absolute Gasteiger partial charge is 0.303 e. The third-order valence-electron chi connectivity index (χ3n) is 4.04. The zero-order valence-corrected chi connectivity index (χ0v) is 11.7. The monoisotopic (exact) mass is 261 g/mol. The molecule has 0 unspecified atom stereocenters. The highest BCUT2D eigenvalue weighted by Crippen LogP contribution is 2.35. The Kier molecular flexibility index (Phi) is 4.46. The number of rotatable bonds is 6. The maximum Gasteiger partial charge on any atom is 0.303 e. The fraction of sp³-hybridized carbons (Fsp3) is 0.562. The van der Waals surface area contributed by atoms with Gasteiger partial charge in [0.15, 0.2) is 0 Å². The van der Waals surface area contributed by atoms with E-state index in [2.05, 4.69) is 31.3 Å². The number of nitrogens with one attached hydrogen (secondary N) is 1. The van der Waals surface area contributed by atoms with E-state index in [1.165, 1.54) is 12.8 Å². The molecule has 3 heteroatoms. The quantitative estimate of drug-likeness (QED) is 0.823. The molecule has 0 radical (unpaired) electrons. The topological polar surface area (TPSA) is 49.3 Å². The molecule has 1 fully saturated rings. The molecule has 0 saturated heterocycles. The van der Waals surface area contributed by atoms with E-state index < -0.39 is 5.97 Å². The van der Waals surface area contributed by atoms with Crippen LogP contribution >= 0.6 is 0 Å². The van der Waals surface area contributed by atoms with E-state index in [0.29, 0.717) is 12.5 Å². The fourth-order valence-corrected chi connectivity index (χ4v) is 2.63. The molecule has 1 aromatic rings. The Labute approximate surface area is 115 Å². The first kappa shape index (κ1) is 13.9. The van der Waals surface area contributed by atoms with Crippen LogP contribution in [0.5, 0.6) is 0 Å². The van der Waals surface area contributed by atoms with Gasteiger partial charge in [0.05, 0.1) is 0 Å². The summed E-state index contributed by atoms with van der Waals surface area (Å²) in [7, 11) is 0. The Balaban J connectivity index is 1.84. The molecule has 1 aliphatic rings. The highest BCUT2D eigenvalue weighted by molar-refractivity contribution is 5.67. The van der Waals surface area contributed by atoms with Crippen molar-refractivity contribution in [1.29, 1.82) is 0 Å². The molecule has 0 atom stereocenters. The number of benzene rings is 1. The first-order chi connectivity index (χ1) is 9.04. The number of aryl methyl sites for hydroxylation is 1. The Morgan fingerprint density at radius 1 is 1.42 bits per heavy atom. The number of hydrogen-bond donors (Lipinski definition) is 2. The van der Waals surface area contributed by atoms with E-state index in [-0.39, 0.29) is 6.42 Å². The molecule has 19 heavy (non-hydrogen) atoms. The third kappa shape index (κ3) is 3.98. The maximum atomic E-state index is 10.6. The molecular weight excluding hydrogens is 238 g/mol. The van der Waals surface area contributed by atoms with Crippen LogP contribution in [0.1, 0.15) is 38.7 Å². The molecule has 104 valence electrons. The Bertz CT molecular complexity index is 436. The normalized spacial score (nSPS) is 22.1. The molecule has 0 spiro atoms. The number of carboxylic acids is 1. The molecule has 0 heterocycles. The van der Waals surface area contributed by atoms with E-state index in [4.69, 9.17) is 5.11 Å². The molecule has 1 aliphatic carbocycles. The van der Waals surface area contributed by atoms with Crippen molar-refractivity contribution in [3.63, 3.8) is 0 Å². The largest absolute Gasteiger partial charge is 0.481 e. The minimum atomic E-state index is -0.739. The van der Waals surface area contributed by atoms with Gasteiger partial charge in [-0.1, -0.05) is 26.0 Å². The average Bonchev–Trinajstić information content (AvgIpc) is 2.31. The zero-order chi connectivity index (χ0) is 13.8. The molecular formula is C16H23NO2. The predicted octanol–water partition coefficient (Wildman–Crippen LogP) is 3.55. The summed E-state index contributed by atoms with van der Waals surface area (Å²) in [6, 6.07) is 8.71. The standard InChI is InChI=1S/C16H23NO2/c1-11(2)13-9-15(10-13)17-14-5-3-4-12(8-14)6-7-16(18)19/h3-5,8,11,13,15,17H,6-7,9-10H2,1-2H3,(H,18,19). The molecule has 0 bridgehead atoms. The van der Waals surface area contributed by atoms with Crippen LogP contribution < -0.4 is 5.32 Å². The molecule has 1 aromatic carbocycles. The summed E-state index contributed by atoms with van der Waals surface area (Å²) in [5.74, 6) is 0.893. The van der Waals surface area contributed by atoms with Crippen LogP contribution in [0.3, 0.4) is 0 Å². The number of carbonyl (C=O) groups is 1. The Morgan fingerprint density at radius 2 is 2.16 bits per heavy atom. The molecule has 0 aliphatic heterocycles. The lowest BCUT2D eigenvalue weighted by atomic mass is 9.73. The number of hydrogen-bond acceptors (Lipinski definition) is 2. The van der Waals surface area contributed by atoms with Gasteiger partial charge in [-0.2, -0.15) is 0 Å². The summed E-state index contributed by atoms with van der Waals surface area (Å²) in [5, 5.41) is 12.2. The van der Waals surface area contributed by atoms with Crippen molar-refractivity contribution in [1.82, 2.24) is 0 Å². The number of anilines is 1. The van der Waals surface area contributed by atoms with Gasteiger partial charge < -0.3 is 10.4 Å². The summed E-state index contributed by atoms with van der Waals surface area (Å²) in [6.45, 7) is 4.57. The number of aliphatic carboxylic acids is 1.